The van der Waals surface area contributed by atoms with Gasteiger partial charge < -0.3 is 10.1 Å². The van der Waals surface area contributed by atoms with Crippen LogP contribution < -0.4 is 5.32 Å². The molecule has 0 radical (unpaired) electrons. The fourth-order valence-electron chi connectivity index (χ4n) is 1.50. The summed E-state index contributed by atoms with van der Waals surface area (Å²) in [4.78, 5) is 4.27. The summed E-state index contributed by atoms with van der Waals surface area (Å²) in [5.41, 5.74) is 1.36. The normalized spacial score (nSPS) is 11.7. The Labute approximate surface area is 98.2 Å². The summed E-state index contributed by atoms with van der Waals surface area (Å²) in [6, 6.07) is 5.99. The third-order valence-corrected chi connectivity index (χ3v) is 2.62. The Hall–Kier alpha value is -0.930. The van der Waals surface area contributed by atoms with Gasteiger partial charge in [0.15, 0.2) is 0 Å². The lowest BCUT2D eigenvalue weighted by atomic mass is 9.90. The van der Waals surface area contributed by atoms with Crippen LogP contribution in [0.15, 0.2) is 24.4 Å². The van der Waals surface area contributed by atoms with E-state index in [-0.39, 0.29) is 5.41 Å². The zero-order valence-corrected chi connectivity index (χ0v) is 10.5. The number of hydrogen-bond donors (Lipinski definition) is 1. The van der Waals surface area contributed by atoms with Crippen molar-refractivity contribution in [1.29, 1.82) is 0 Å². The van der Waals surface area contributed by atoms with Crippen molar-refractivity contribution in [1.82, 2.24) is 10.3 Å². The van der Waals surface area contributed by atoms with Crippen LogP contribution in [0.1, 0.15) is 26.0 Å². The van der Waals surface area contributed by atoms with Crippen molar-refractivity contribution in [2.75, 3.05) is 20.3 Å². The van der Waals surface area contributed by atoms with Crippen LogP contribution in [0.2, 0.25) is 0 Å². The summed E-state index contributed by atoms with van der Waals surface area (Å²) in [5, 5.41) is 3.43. The van der Waals surface area contributed by atoms with Gasteiger partial charge in [0.1, 0.15) is 0 Å². The van der Waals surface area contributed by atoms with Crippen molar-refractivity contribution in [2.45, 2.75) is 26.8 Å². The van der Waals surface area contributed by atoms with Crippen LogP contribution in [0.3, 0.4) is 0 Å². The van der Waals surface area contributed by atoms with E-state index in [0.717, 1.165) is 31.8 Å². The van der Waals surface area contributed by atoms with Crippen molar-refractivity contribution in [2.24, 2.45) is 5.41 Å². The van der Waals surface area contributed by atoms with Gasteiger partial charge in [0.25, 0.3) is 0 Å². The molecule has 1 N–H and O–H groups in total. The third-order valence-electron chi connectivity index (χ3n) is 2.62. The second kappa shape index (κ2) is 6.61. The van der Waals surface area contributed by atoms with E-state index >= 15 is 0 Å². The van der Waals surface area contributed by atoms with Crippen molar-refractivity contribution in [3.05, 3.63) is 30.1 Å². The smallest absolute Gasteiger partial charge is 0.0541 e. The van der Waals surface area contributed by atoms with E-state index in [4.69, 9.17) is 4.74 Å². The Morgan fingerprint density at radius 3 is 2.81 bits per heavy atom. The predicted octanol–water partition coefficient (Wildman–Crippen LogP) is 2.23. The molecule has 0 saturated carbocycles. The molecule has 0 aliphatic rings. The molecule has 16 heavy (non-hydrogen) atoms. The topological polar surface area (TPSA) is 34.1 Å². The summed E-state index contributed by atoms with van der Waals surface area (Å²) >= 11 is 0. The zero-order chi connectivity index (χ0) is 11.9. The van der Waals surface area contributed by atoms with Crippen molar-refractivity contribution in [3.63, 3.8) is 0 Å². The lowest BCUT2D eigenvalue weighted by Gasteiger charge is -2.24. The summed E-state index contributed by atoms with van der Waals surface area (Å²) in [6.45, 7) is 7.12. The summed E-state index contributed by atoms with van der Waals surface area (Å²) < 4.78 is 5.10. The van der Waals surface area contributed by atoms with Crippen molar-refractivity contribution < 1.29 is 4.74 Å². The average molecular weight is 222 g/mol. The Morgan fingerprint density at radius 2 is 2.19 bits per heavy atom. The second-order valence-corrected chi connectivity index (χ2v) is 4.83. The van der Waals surface area contributed by atoms with Crippen LogP contribution in [-0.4, -0.2) is 25.2 Å². The number of rotatable bonds is 7. The van der Waals surface area contributed by atoms with Crippen LogP contribution >= 0.6 is 0 Å². The molecule has 3 nitrogen and oxygen atoms in total. The molecule has 0 fully saturated rings. The van der Waals surface area contributed by atoms with Gasteiger partial charge in [-0.3, -0.25) is 4.98 Å². The Bertz CT molecular complexity index is 285. The van der Waals surface area contributed by atoms with Crippen LogP contribution in [0, 0.1) is 5.41 Å². The monoisotopic (exact) mass is 222 g/mol. The zero-order valence-electron chi connectivity index (χ0n) is 10.5. The number of aromatic nitrogens is 1. The van der Waals surface area contributed by atoms with Gasteiger partial charge in [0, 0.05) is 33.0 Å². The second-order valence-electron chi connectivity index (χ2n) is 4.83. The SMILES string of the molecule is COCCC(C)(C)CNCc1ccccn1. The molecule has 0 atom stereocenters. The van der Waals surface area contributed by atoms with Crippen LogP contribution in [-0.2, 0) is 11.3 Å². The van der Waals surface area contributed by atoms with Crippen molar-refractivity contribution >= 4 is 0 Å². The van der Waals surface area contributed by atoms with E-state index in [0.29, 0.717) is 0 Å². The summed E-state index contributed by atoms with van der Waals surface area (Å²) in [7, 11) is 1.75. The molecule has 1 aromatic heterocycles. The lowest BCUT2D eigenvalue weighted by molar-refractivity contribution is 0.150. The van der Waals surface area contributed by atoms with Crippen molar-refractivity contribution in [3.8, 4) is 0 Å². The quantitative estimate of drug-likeness (QED) is 0.768. The molecule has 0 unspecified atom stereocenters. The maximum absolute atomic E-state index is 5.10. The Kier molecular flexibility index (Phi) is 5.43. The molecule has 0 amide bonds. The summed E-state index contributed by atoms with van der Waals surface area (Å²) in [5.74, 6) is 0. The molecule has 0 bridgehead atoms. The molecular weight excluding hydrogens is 200 g/mol. The van der Waals surface area contributed by atoms with Gasteiger partial charge in [-0.15, -0.1) is 0 Å². The number of ether oxygens (including phenoxy) is 1. The van der Waals surface area contributed by atoms with E-state index in [9.17, 15) is 0 Å². The first kappa shape index (κ1) is 13.1. The molecule has 0 aliphatic heterocycles. The molecule has 0 spiro atoms. The molecular formula is C13H22N2O. The largest absolute Gasteiger partial charge is 0.385 e. The Balaban J connectivity index is 2.24. The maximum Gasteiger partial charge on any atom is 0.0541 e. The first-order chi connectivity index (χ1) is 7.64. The fourth-order valence-corrected chi connectivity index (χ4v) is 1.50. The van der Waals surface area contributed by atoms with E-state index in [1.807, 2.05) is 24.4 Å². The van der Waals surface area contributed by atoms with Gasteiger partial charge in [-0.05, 0) is 24.0 Å². The minimum atomic E-state index is 0.269. The average Bonchev–Trinajstić information content (AvgIpc) is 2.28. The fraction of sp³-hybridized carbons (Fsp3) is 0.615. The van der Waals surface area contributed by atoms with Gasteiger partial charge in [0.05, 0.1) is 5.69 Å². The summed E-state index contributed by atoms with van der Waals surface area (Å²) in [6.07, 6.45) is 2.89. The van der Waals surface area contributed by atoms with E-state index in [1.165, 1.54) is 0 Å². The lowest BCUT2D eigenvalue weighted by Crippen LogP contribution is -2.30. The number of methoxy groups -OCH3 is 1. The molecule has 1 rings (SSSR count). The van der Waals surface area contributed by atoms with E-state index in [2.05, 4.69) is 24.1 Å². The standard InChI is InChI=1S/C13H22N2O/c1-13(2,7-9-16-3)11-14-10-12-6-4-5-8-15-12/h4-6,8,14H,7,9-11H2,1-3H3. The molecule has 90 valence electrons. The first-order valence-electron chi connectivity index (χ1n) is 5.74. The highest BCUT2D eigenvalue weighted by Gasteiger charge is 2.16. The molecule has 1 aromatic rings. The number of nitrogens with zero attached hydrogens (tertiary/aromatic N) is 1. The van der Waals surface area contributed by atoms with E-state index < -0.39 is 0 Å². The number of nitrogens with one attached hydrogen (secondary N) is 1. The van der Waals surface area contributed by atoms with Gasteiger partial charge in [-0.2, -0.15) is 0 Å². The number of pyridine rings is 1. The molecule has 1 heterocycles. The highest BCUT2D eigenvalue weighted by molar-refractivity contribution is 5.02. The minimum absolute atomic E-state index is 0.269. The highest BCUT2D eigenvalue weighted by atomic mass is 16.5. The predicted molar refractivity (Wildman–Crippen MR) is 66.2 cm³/mol. The van der Waals surface area contributed by atoms with Crippen LogP contribution in [0.4, 0.5) is 0 Å². The van der Waals surface area contributed by atoms with Crippen LogP contribution in [0.5, 0.6) is 0 Å². The molecule has 0 aromatic carbocycles. The van der Waals surface area contributed by atoms with Crippen LogP contribution in [0.25, 0.3) is 0 Å². The maximum atomic E-state index is 5.10. The molecule has 0 aliphatic carbocycles. The van der Waals surface area contributed by atoms with E-state index in [1.54, 1.807) is 7.11 Å². The van der Waals surface area contributed by atoms with Gasteiger partial charge in [0.2, 0.25) is 0 Å². The third kappa shape index (κ3) is 5.24. The minimum Gasteiger partial charge on any atom is -0.385 e. The Morgan fingerprint density at radius 1 is 1.38 bits per heavy atom. The first-order valence-corrected chi connectivity index (χ1v) is 5.74. The highest BCUT2D eigenvalue weighted by Crippen LogP contribution is 2.18. The molecule has 3 heteroatoms. The number of hydrogen-bond acceptors (Lipinski definition) is 3. The molecule has 0 saturated heterocycles. The van der Waals surface area contributed by atoms with Gasteiger partial charge >= 0.3 is 0 Å². The van der Waals surface area contributed by atoms with Gasteiger partial charge in [-0.1, -0.05) is 19.9 Å². The van der Waals surface area contributed by atoms with Gasteiger partial charge in [-0.25, -0.2) is 0 Å².